The molecule has 0 saturated carbocycles. The number of rotatable bonds is 8. The zero-order valence-electron chi connectivity index (χ0n) is 14.8. The van der Waals surface area contributed by atoms with Crippen molar-refractivity contribution in [3.8, 4) is 5.75 Å². The maximum absolute atomic E-state index is 11.9. The van der Waals surface area contributed by atoms with E-state index in [1.54, 1.807) is 0 Å². The van der Waals surface area contributed by atoms with Crippen molar-refractivity contribution in [2.75, 3.05) is 13.7 Å². The van der Waals surface area contributed by atoms with E-state index in [2.05, 4.69) is 4.74 Å². The lowest BCUT2D eigenvalue weighted by molar-refractivity contribution is -0.156. The molecule has 1 aromatic rings. The van der Waals surface area contributed by atoms with Gasteiger partial charge >= 0.3 is 11.9 Å². The number of carbonyl (C=O) groups excluding carboxylic acids is 2. The van der Waals surface area contributed by atoms with Crippen molar-refractivity contribution >= 4 is 11.9 Å². The van der Waals surface area contributed by atoms with Gasteiger partial charge in [0, 0.05) is 6.42 Å². The summed E-state index contributed by atoms with van der Waals surface area (Å²) >= 11 is 0. The highest BCUT2D eigenvalue weighted by atomic mass is 16.6. The molecule has 0 aliphatic carbocycles. The van der Waals surface area contributed by atoms with Crippen LogP contribution in [0.2, 0.25) is 0 Å². The predicted octanol–water partition coefficient (Wildman–Crippen LogP) is 2.23. The van der Waals surface area contributed by atoms with Gasteiger partial charge in [-0.25, -0.2) is 0 Å². The van der Waals surface area contributed by atoms with Crippen LogP contribution in [-0.4, -0.2) is 37.3 Å². The van der Waals surface area contributed by atoms with Crippen LogP contribution in [-0.2, 0) is 25.5 Å². The van der Waals surface area contributed by atoms with Crippen molar-refractivity contribution in [2.45, 2.75) is 51.7 Å². The molecule has 134 valence electrons. The van der Waals surface area contributed by atoms with E-state index in [4.69, 9.17) is 15.2 Å². The van der Waals surface area contributed by atoms with Gasteiger partial charge in [-0.1, -0.05) is 12.1 Å². The fourth-order valence-electron chi connectivity index (χ4n) is 1.95. The maximum Gasteiger partial charge on any atom is 0.323 e. The molecule has 0 saturated heterocycles. The second-order valence-electron chi connectivity index (χ2n) is 6.52. The number of carbonyl (C=O) groups is 2. The van der Waals surface area contributed by atoms with Crippen molar-refractivity contribution in [2.24, 2.45) is 5.73 Å². The first-order valence-electron chi connectivity index (χ1n) is 7.98. The van der Waals surface area contributed by atoms with Gasteiger partial charge in [0.15, 0.2) is 0 Å². The Morgan fingerprint density at radius 1 is 1.17 bits per heavy atom. The molecular weight excluding hydrogens is 310 g/mol. The van der Waals surface area contributed by atoms with Crippen LogP contribution in [0.5, 0.6) is 5.75 Å². The van der Waals surface area contributed by atoms with E-state index in [0.717, 1.165) is 5.56 Å². The van der Waals surface area contributed by atoms with E-state index in [1.165, 1.54) is 7.11 Å². The zero-order valence-corrected chi connectivity index (χ0v) is 14.8. The number of hydrogen-bond donors (Lipinski definition) is 1. The number of methoxy groups -OCH3 is 1. The molecule has 0 unspecified atom stereocenters. The summed E-state index contributed by atoms with van der Waals surface area (Å²) < 4.78 is 15.4. The number of esters is 2. The van der Waals surface area contributed by atoms with E-state index < -0.39 is 17.6 Å². The SMILES string of the molecule is COC(=O)CCCOc1ccc(C[C@H](N)C(=O)OC(C)(C)C)cc1. The molecule has 6 nitrogen and oxygen atoms in total. The van der Waals surface area contributed by atoms with Crippen molar-refractivity contribution < 1.29 is 23.8 Å². The van der Waals surface area contributed by atoms with E-state index in [-0.39, 0.29) is 5.97 Å². The summed E-state index contributed by atoms with van der Waals surface area (Å²) in [6.07, 6.45) is 1.33. The third kappa shape index (κ3) is 7.97. The fraction of sp³-hybridized carbons (Fsp3) is 0.556. The highest BCUT2D eigenvalue weighted by molar-refractivity contribution is 5.76. The monoisotopic (exact) mass is 337 g/mol. The molecule has 1 rings (SSSR count). The van der Waals surface area contributed by atoms with Crippen LogP contribution in [0.4, 0.5) is 0 Å². The van der Waals surface area contributed by atoms with E-state index in [0.29, 0.717) is 31.6 Å². The molecule has 0 aromatic heterocycles. The average molecular weight is 337 g/mol. The van der Waals surface area contributed by atoms with Crippen molar-refractivity contribution in [1.82, 2.24) is 0 Å². The van der Waals surface area contributed by atoms with E-state index in [1.807, 2.05) is 45.0 Å². The van der Waals surface area contributed by atoms with Crippen LogP contribution in [0.25, 0.3) is 0 Å². The molecule has 0 aliphatic rings. The number of benzene rings is 1. The number of hydrogen-bond acceptors (Lipinski definition) is 6. The summed E-state index contributed by atoms with van der Waals surface area (Å²) in [4.78, 5) is 22.9. The minimum absolute atomic E-state index is 0.245. The van der Waals surface area contributed by atoms with Crippen LogP contribution in [0.1, 0.15) is 39.2 Å². The second kappa shape index (κ2) is 9.27. The van der Waals surface area contributed by atoms with Gasteiger partial charge < -0.3 is 19.9 Å². The van der Waals surface area contributed by atoms with E-state index in [9.17, 15) is 9.59 Å². The normalized spacial score (nSPS) is 12.4. The maximum atomic E-state index is 11.9. The Kier molecular flexibility index (Phi) is 7.71. The van der Waals surface area contributed by atoms with Crippen molar-refractivity contribution in [3.63, 3.8) is 0 Å². The zero-order chi connectivity index (χ0) is 18.2. The van der Waals surface area contributed by atoms with Gasteiger partial charge in [0.2, 0.25) is 0 Å². The molecule has 0 aliphatic heterocycles. The molecule has 0 amide bonds. The molecular formula is C18H27NO5. The average Bonchev–Trinajstić information content (AvgIpc) is 2.51. The molecule has 0 bridgehead atoms. The van der Waals surface area contributed by atoms with Crippen LogP contribution in [0.3, 0.4) is 0 Å². The molecule has 1 aromatic carbocycles. The lowest BCUT2D eigenvalue weighted by Gasteiger charge is -2.22. The Hall–Kier alpha value is -2.08. The molecule has 0 spiro atoms. The Bertz CT molecular complexity index is 533. The minimum Gasteiger partial charge on any atom is -0.494 e. The summed E-state index contributed by atoms with van der Waals surface area (Å²) in [7, 11) is 1.36. The Morgan fingerprint density at radius 3 is 2.33 bits per heavy atom. The third-order valence-corrected chi connectivity index (χ3v) is 3.11. The lowest BCUT2D eigenvalue weighted by Crippen LogP contribution is -2.38. The molecule has 24 heavy (non-hydrogen) atoms. The predicted molar refractivity (Wildman–Crippen MR) is 90.7 cm³/mol. The quantitative estimate of drug-likeness (QED) is 0.578. The molecule has 6 heteroatoms. The standard InChI is InChI=1S/C18H27NO5/c1-18(2,3)24-17(21)15(19)12-13-7-9-14(10-8-13)23-11-5-6-16(20)22-4/h7-10,15H,5-6,11-12,19H2,1-4H3/t15-/m0/s1. The van der Waals surface area contributed by atoms with Gasteiger partial charge in [0.25, 0.3) is 0 Å². The first kappa shape index (κ1) is 20.0. The highest BCUT2D eigenvalue weighted by Crippen LogP contribution is 2.15. The van der Waals surface area contributed by atoms with Crippen LogP contribution in [0, 0.1) is 0 Å². The number of nitrogens with two attached hydrogens (primary N) is 1. The van der Waals surface area contributed by atoms with Gasteiger partial charge in [-0.05, 0) is 51.3 Å². The molecule has 0 heterocycles. The van der Waals surface area contributed by atoms with Gasteiger partial charge in [0.05, 0.1) is 13.7 Å². The third-order valence-electron chi connectivity index (χ3n) is 3.11. The van der Waals surface area contributed by atoms with Crippen molar-refractivity contribution in [1.29, 1.82) is 0 Å². The summed E-state index contributed by atoms with van der Waals surface area (Å²) in [5.41, 5.74) is 6.27. The topological polar surface area (TPSA) is 87.9 Å². The van der Waals surface area contributed by atoms with Gasteiger partial charge in [-0.3, -0.25) is 9.59 Å². The molecule has 1 atom stereocenters. The van der Waals surface area contributed by atoms with Gasteiger partial charge in [0.1, 0.15) is 17.4 Å². The number of ether oxygens (including phenoxy) is 3. The molecule has 0 fully saturated rings. The summed E-state index contributed by atoms with van der Waals surface area (Å²) in [6, 6.07) is 6.65. The summed E-state index contributed by atoms with van der Waals surface area (Å²) in [5, 5.41) is 0. The van der Waals surface area contributed by atoms with Gasteiger partial charge in [-0.15, -0.1) is 0 Å². The summed E-state index contributed by atoms with van der Waals surface area (Å²) in [6.45, 7) is 5.86. The Balaban J connectivity index is 2.41. The van der Waals surface area contributed by atoms with Crippen molar-refractivity contribution in [3.05, 3.63) is 29.8 Å². The second-order valence-corrected chi connectivity index (χ2v) is 6.52. The molecule has 0 radical (unpaired) electrons. The first-order chi connectivity index (χ1) is 11.2. The van der Waals surface area contributed by atoms with Crippen LogP contribution in [0.15, 0.2) is 24.3 Å². The first-order valence-corrected chi connectivity index (χ1v) is 7.98. The largest absolute Gasteiger partial charge is 0.494 e. The van der Waals surface area contributed by atoms with E-state index >= 15 is 0 Å². The Labute approximate surface area is 143 Å². The Morgan fingerprint density at radius 2 is 1.79 bits per heavy atom. The highest BCUT2D eigenvalue weighted by Gasteiger charge is 2.22. The van der Waals surface area contributed by atoms with Crippen LogP contribution < -0.4 is 10.5 Å². The molecule has 2 N–H and O–H groups in total. The summed E-state index contributed by atoms with van der Waals surface area (Å²) in [5.74, 6) is 0.0465. The minimum atomic E-state index is -0.698. The fourth-order valence-corrected chi connectivity index (χ4v) is 1.95. The van der Waals surface area contributed by atoms with Crippen LogP contribution >= 0.6 is 0 Å². The lowest BCUT2D eigenvalue weighted by atomic mass is 10.1. The van der Waals surface area contributed by atoms with Gasteiger partial charge in [-0.2, -0.15) is 0 Å². The smallest absolute Gasteiger partial charge is 0.323 e.